The minimum atomic E-state index is 0.263. The molecule has 0 radical (unpaired) electrons. The van der Waals surface area contributed by atoms with Crippen LogP contribution in [0, 0.1) is 5.92 Å². The zero-order chi connectivity index (χ0) is 11.9. The summed E-state index contributed by atoms with van der Waals surface area (Å²) in [5, 5.41) is 5.58. The number of thiophene rings is 1. The van der Waals surface area contributed by atoms with Crippen molar-refractivity contribution in [3.05, 3.63) is 22.4 Å². The van der Waals surface area contributed by atoms with Crippen molar-refractivity contribution < 1.29 is 4.74 Å². The molecule has 0 aliphatic carbocycles. The van der Waals surface area contributed by atoms with Crippen LogP contribution in [-0.4, -0.2) is 19.7 Å². The second-order valence-corrected chi connectivity index (χ2v) is 5.86. The van der Waals surface area contributed by atoms with Gasteiger partial charge >= 0.3 is 0 Å². The highest BCUT2D eigenvalue weighted by Crippen LogP contribution is 2.22. The zero-order valence-electron chi connectivity index (χ0n) is 10.7. The van der Waals surface area contributed by atoms with E-state index in [2.05, 4.69) is 29.8 Å². The highest BCUT2D eigenvalue weighted by molar-refractivity contribution is 7.10. The van der Waals surface area contributed by atoms with E-state index in [1.807, 2.05) is 0 Å². The Kier molecular flexibility index (Phi) is 5.49. The Morgan fingerprint density at radius 2 is 2.53 bits per heavy atom. The van der Waals surface area contributed by atoms with Crippen LogP contribution in [0.15, 0.2) is 17.5 Å². The summed E-state index contributed by atoms with van der Waals surface area (Å²) in [5.74, 6) is 0.879. The normalized spacial score (nSPS) is 22.5. The van der Waals surface area contributed by atoms with Gasteiger partial charge in [0, 0.05) is 11.5 Å². The monoisotopic (exact) mass is 253 g/mol. The fourth-order valence-electron chi connectivity index (χ4n) is 2.41. The first-order chi connectivity index (χ1) is 8.36. The summed E-state index contributed by atoms with van der Waals surface area (Å²) >= 11 is 1.78. The van der Waals surface area contributed by atoms with Gasteiger partial charge in [0.2, 0.25) is 0 Å². The van der Waals surface area contributed by atoms with Crippen LogP contribution < -0.4 is 5.32 Å². The second kappa shape index (κ2) is 7.14. The van der Waals surface area contributed by atoms with Crippen LogP contribution in [0.4, 0.5) is 0 Å². The van der Waals surface area contributed by atoms with Crippen LogP contribution in [-0.2, 0) is 4.74 Å². The Morgan fingerprint density at radius 1 is 1.59 bits per heavy atom. The van der Waals surface area contributed by atoms with E-state index in [9.17, 15) is 0 Å². The number of ether oxygens (including phenoxy) is 1. The summed E-state index contributed by atoms with van der Waals surface area (Å²) in [7, 11) is 0. The molecule has 1 aromatic heterocycles. The molecule has 1 saturated heterocycles. The lowest BCUT2D eigenvalue weighted by molar-refractivity contribution is 0.0625. The van der Waals surface area contributed by atoms with E-state index in [0.29, 0.717) is 0 Å². The van der Waals surface area contributed by atoms with E-state index in [-0.39, 0.29) is 6.10 Å². The maximum absolute atomic E-state index is 5.87. The minimum Gasteiger partial charge on any atom is -0.373 e. The predicted molar refractivity (Wildman–Crippen MR) is 73.5 cm³/mol. The predicted octanol–water partition coefficient (Wildman–Crippen LogP) is 3.61. The second-order valence-electron chi connectivity index (χ2n) is 4.88. The Morgan fingerprint density at radius 3 is 3.24 bits per heavy atom. The molecule has 2 atom stereocenters. The Bertz CT molecular complexity index is 293. The van der Waals surface area contributed by atoms with Crippen molar-refractivity contribution >= 4 is 11.3 Å². The lowest BCUT2D eigenvalue weighted by atomic mass is 9.95. The van der Waals surface area contributed by atoms with Gasteiger partial charge in [-0.05, 0) is 63.1 Å². The molecular formula is C14H23NOS. The summed E-state index contributed by atoms with van der Waals surface area (Å²) < 4.78 is 5.87. The Hall–Kier alpha value is -0.380. The van der Waals surface area contributed by atoms with Crippen LogP contribution in [0.2, 0.25) is 0 Å². The molecule has 3 heteroatoms. The highest BCUT2D eigenvalue weighted by atomic mass is 32.1. The molecule has 0 saturated carbocycles. The van der Waals surface area contributed by atoms with Crippen molar-refractivity contribution in [2.24, 2.45) is 5.92 Å². The lowest BCUT2D eigenvalue weighted by Gasteiger charge is -2.22. The molecule has 17 heavy (non-hydrogen) atoms. The molecule has 2 nitrogen and oxygen atoms in total. The molecule has 0 bridgehead atoms. The van der Waals surface area contributed by atoms with E-state index < -0.39 is 0 Å². The van der Waals surface area contributed by atoms with Crippen LogP contribution in [0.5, 0.6) is 0 Å². The number of piperidine rings is 1. The third-order valence-corrected chi connectivity index (χ3v) is 4.50. The van der Waals surface area contributed by atoms with E-state index in [1.54, 1.807) is 11.3 Å². The van der Waals surface area contributed by atoms with Gasteiger partial charge in [0.1, 0.15) is 0 Å². The molecule has 0 unspecified atom stereocenters. The first-order valence-corrected chi connectivity index (χ1v) is 7.60. The summed E-state index contributed by atoms with van der Waals surface area (Å²) in [6, 6.07) is 4.24. The first-order valence-electron chi connectivity index (χ1n) is 6.72. The highest BCUT2D eigenvalue weighted by Gasteiger charge is 2.12. The van der Waals surface area contributed by atoms with Crippen LogP contribution >= 0.6 is 11.3 Å². The SMILES string of the molecule is C[C@@H](OCCC[C@@H]1CCCNC1)c1cccs1. The molecule has 1 fully saturated rings. The first kappa shape index (κ1) is 13.1. The Labute approximate surface area is 108 Å². The standard InChI is InChI=1S/C14H23NOS/c1-12(14-7-4-10-17-14)16-9-3-6-13-5-2-8-15-11-13/h4,7,10,12-13,15H,2-3,5-6,8-9,11H2,1H3/t12-,13+/m1/s1. The minimum absolute atomic E-state index is 0.263. The largest absolute Gasteiger partial charge is 0.373 e. The van der Waals surface area contributed by atoms with Crippen LogP contribution in [0.3, 0.4) is 0 Å². The molecule has 1 aliphatic heterocycles. The molecule has 0 spiro atoms. The molecule has 96 valence electrons. The summed E-state index contributed by atoms with van der Waals surface area (Å²) in [4.78, 5) is 1.34. The van der Waals surface area contributed by atoms with Gasteiger partial charge in [0.05, 0.1) is 6.10 Å². The van der Waals surface area contributed by atoms with E-state index in [0.717, 1.165) is 12.5 Å². The maximum Gasteiger partial charge on any atom is 0.0888 e. The smallest absolute Gasteiger partial charge is 0.0888 e. The van der Waals surface area contributed by atoms with Gasteiger partial charge in [-0.15, -0.1) is 11.3 Å². The third kappa shape index (κ3) is 4.41. The van der Waals surface area contributed by atoms with Gasteiger partial charge in [-0.25, -0.2) is 0 Å². The van der Waals surface area contributed by atoms with Gasteiger partial charge in [-0.1, -0.05) is 6.07 Å². The van der Waals surface area contributed by atoms with Crippen molar-refractivity contribution in [1.82, 2.24) is 5.32 Å². The van der Waals surface area contributed by atoms with E-state index in [1.165, 1.54) is 43.6 Å². The number of nitrogens with one attached hydrogen (secondary N) is 1. The molecule has 0 aromatic carbocycles. The molecule has 1 aromatic rings. The van der Waals surface area contributed by atoms with E-state index >= 15 is 0 Å². The molecule has 2 heterocycles. The number of hydrogen-bond donors (Lipinski definition) is 1. The Balaban J connectivity index is 1.56. The number of rotatable bonds is 6. The topological polar surface area (TPSA) is 21.3 Å². The van der Waals surface area contributed by atoms with Crippen molar-refractivity contribution in [3.63, 3.8) is 0 Å². The average Bonchev–Trinajstić information content (AvgIpc) is 2.89. The van der Waals surface area contributed by atoms with Crippen molar-refractivity contribution in [3.8, 4) is 0 Å². The average molecular weight is 253 g/mol. The zero-order valence-corrected chi connectivity index (χ0v) is 11.5. The van der Waals surface area contributed by atoms with Gasteiger partial charge in [-0.2, -0.15) is 0 Å². The summed E-state index contributed by atoms with van der Waals surface area (Å²) in [6.45, 7) is 5.46. The van der Waals surface area contributed by atoms with Crippen molar-refractivity contribution in [2.45, 2.75) is 38.7 Å². The molecule has 1 N–H and O–H groups in total. The molecule has 0 amide bonds. The van der Waals surface area contributed by atoms with E-state index in [4.69, 9.17) is 4.74 Å². The maximum atomic E-state index is 5.87. The van der Waals surface area contributed by atoms with Gasteiger partial charge in [-0.3, -0.25) is 0 Å². The fraction of sp³-hybridized carbons (Fsp3) is 0.714. The van der Waals surface area contributed by atoms with Gasteiger partial charge in [0.25, 0.3) is 0 Å². The fourth-order valence-corrected chi connectivity index (χ4v) is 3.14. The van der Waals surface area contributed by atoms with Crippen molar-refractivity contribution in [1.29, 1.82) is 0 Å². The number of hydrogen-bond acceptors (Lipinski definition) is 3. The van der Waals surface area contributed by atoms with Gasteiger partial charge < -0.3 is 10.1 Å². The summed E-state index contributed by atoms with van der Waals surface area (Å²) in [6.07, 6.45) is 5.51. The third-order valence-electron chi connectivity index (χ3n) is 3.47. The van der Waals surface area contributed by atoms with Gasteiger partial charge in [0.15, 0.2) is 0 Å². The molecule has 1 aliphatic rings. The molecule has 2 rings (SSSR count). The van der Waals surface area contributed by atoms with Crippen LogP contribution in [0.25, 0.3) is 0 Å². The van der Waals surface area contributed by atoms with Crippen LogP contribution in [0.1, 0.15) is 43.6 Å². The summed E-state index contributed by atoms with van der Waals surface area (Å²) in [5.41, 5.74) is 0. The van der Waals surface area contributed by atoms with Crippen molar-refractivity contribution in [2.75, 3.05) is 19.7 Å². The molecular weight excluding hydrogens is 230 g/mol. The lowest BCUT2D eigenvalue weighted by Crippen LogP contribution is -2.29. The quantitative estimate of drug-likeness (QED) is 0.782.